The highest BCUT2D eigenvalue weighted by Gasteiger charge is 2.25. The van der Waals surface area contributed by atoms with E-state index in [0.717, 1.165) is 12.5 Å². The van der Waals surface area contributed by atoms with Crippen molar-refractivity contribution in [1.29, 1.82) is 0 Å². The molecule has 2 N–H and O–H groups in total. The predicted molar refractivity (Wildman–Crippen MR) is 116 cm³/mol. The molecule has 1 atom stereocenters. The van der Waals surface area contributed by atoms with Crippen molar-refractivity contribution >= 4 is 45.5 Å². The molecule has 1 heterocycles. The minimum Gasteiger partial charge on any atom is -0.367 e. The molecule has 1 aromatic rings. The molecule has 10 heteroatoms. The van der Waals surface area contributed by atoms with Crippen molar-refractivity contribution in [2.75, 3.05) is 43.1 Å². The molecule has 0 amide bonds. The SMILES string of the molecule is CCNC(=NCCCS(C)(=O)=O)NC1CCN(c2ccc(F)cc2F)C1.I. The first kappa shape index (κ1) is 23.9. The lowest BCUT2D eigenvalue weighted by atomic mass is 10.2. The lowest BCUT2D eigenvalue weighted by molar-refractivity contribution is 0.580. The van der Waals surface area contributed by atoms with Crippen LogP contribution in [0.4, 0.5) is 14.5 Å². The average molecular weight is 516 g/mol. The molecule has 0 spiro atoms. The molecular formula is C17H27F2IN4O2S. The second-order valence-corrected chi connectivity index (χ2v) is 8.68. The normalized spacial score (nSPS) is 17.6. The Balaban J connectivity index is 0.00000364. The van der Waals surface area contributed by atoms with Crippen LogP contribution in [0, 0.1) is 11.6 Å². The Morgan fingerprint density at radius 1 is 1.37 bits per heavy atom. The Morgan fingerprint density at radius 2 is 2.11 bits per heavy atom. The summed E-state index contributed by atoms with van der Waals surface area (Å²) >= 11 is 0. The van der Waals surface area contributed by atoms with Crippen molar-refractivity contribution in [1.82, 2.24) is 10.6 Å². The molecule has 154 valence electrons. The number of anilines is 1. The summed E-state index contributed by atoms with van der Waals surface area (Å²) < 4.78 is 49.3. The molecule has 1 unspecified atom stereocenters. The molecule has 0 saturated carbocycles. The zero-order valence-electron chi connectivity index (χ0n) is 15.5. The summed E-state index contributed by atoms with van der Waals surface area (Å²) in [6.07, 6.45) is 2.47. The van der Waals surface area contributed by atoms with E-state index in [0.29, 0.717) is 44.2 Å². The van der Waals surface area contributed by atoms with Crippen LogP contribution in [0.3, 0.4) is 0 Å². The van der Waals surface area contributed by atoms with Crippen LogP contribution in [0.2, 0.25) is 0 Å². The third-order valence-corrected chi connectivity index (χ3v) is 5.10. The van der Waals surface area contributed by atoms with Gasteiger partial charge in [-0.1, -0.05) is 0 Å². The van der Waals surface area contributed by atoms with Crippen LogP contribution in [0.1, 0.15) is 19.8 Å². The lowest BCUT2D eigenvalue weighted by Crippen LogP contribution is -2.44. The number of halogens is 3. The number of nitrogens with one attached hydrogen (secondary N) is 2. The van der Waals surface area contributed by atoms with Crippen molar-refractivity contribution in [3.8, 4) is 0 Å². The van der Waals surface area contributed by atoms with Gasteiger partial charge in [-0.05, 0) is 31.9 Å². The fourth-order valence-corrected chi connectivity index (χ4v) is 3.52. The summed E-state index contributed by atoms with van der Waals surface area (Å²) in [4.78, 5) is 6.27. The van der Waals surface area contributed by atoms with Gasteiger partial charge in [0.1, 0.15) is 21.5 Å². The molecule has 1 saturated heterocycles. The van der Waals surface area contributed by atoms with E-state index in [1.54, 1.807) is 0 Å². The number of aliphatic imine (C=N–C) groups is 1. The zero-order valence-corrected chi connectivity index (χ0v) is 18.7. The molecule has 0 bridgehead atoms. The van der Waals surface area contributed by atoms with Gasteiger partial charge >= 0.3 is 0 Å². The Kier molecular flexibility index (Phi) is 9.71. The molecule has 0 aliphatic carbocycles. The quantitative estimate of drug-likeness (QED) is 0.252. The van der Waals surface area contributed by atoms with Gasteiger partial charge in [-0.15, -0.1) is 24.0 Å². The van der Waals surface area contributed by atoms with Crippen LogP contribution < -0.4 is 15.5 Å². The largest absolute Gasteiger partial charge is 0.367 e. The van der Waals surface area contributed by atoms with Gasteiger partial charge in [-0.3, -0.25) is 4.99 Å². The maximum absolute atomic E-state index is 13.9. The van der Waals surface area contributed by atoms with Gasteiger partial charge in [-0.25, -0.2) is 17.2 Å². The molecule has 0 aromatic heterocycles. The van der Waals surface area contributed by atoms with Crippen LogP contribution in [0.15, 0.2) is 23.2 Å². The number of hydrogen-bond donors (Lipinski definition) is 2. The van der Waals surface area contributed by atoms with E-state index in [9.17, 15) is 17.2 Å². The minimum atomic E-state index is -2.98. The smallest absolute Gasteiger partial charge is 0.191 e. The van der Waals surface area contributed by atoms with Gasteiger partial charge in [0.15, 0.2) is 5.96 Å². The van der Waals surface area contributed by atoms with Crippen molar-refractivity contribution in [2.24, 2.45) is 4.99 Å². The van der Waals surface area contributed by atoms with Crippen molar-refractivity contribution in [3.63, 3.8) is 0 Å². The van der Waals surface area contributed by atoms with E-state index in [2.05, 4.69) is 15.6 Å². The van der Waals surface area contributed by atoms with Crippen LogP contribution >= 0.6 is 24.0 Å². The molecule has 1 aromatic carbocycles. The third kappa shape index (κ3) is 8.16. The Bertz CT molecular complexity index is 746. The molecule has 27 heavy (non-hydrogen) atoms. The topological polar surface area (TPSA) is 73.8 Å². The van der Waals surface area contributed by atoms with E-state index in [4.69, 9.17) is 0 Å². The highest BCUT2D eigenvalue weighted by atomic mass is 127. The number of rotatable bonds is 7. The van der Waals surface area contributed by atoms with Gasteiger partial charge in [0.25, 0.3) is 0 Å². The fourth-order valence-electron chi connectivity index (χ4n) is 2.87. The summed E-state index contributed by atoms with van der Waals surface area (Å²) in [5, 5.41) is 6.42. The maximum Gasteiger partial charge on any atom is 0.191 e. The number of benzene rings is 1. The van der Waals surface area contributed by atoms with Gasteiger partial charge in [0.05, 0.1) is 11.4 Å². The highest BCUT2D eigenvalue weighted by Crippen LogP contribution is 2.24. The summed E-state index contributed by atoms with van der Waals surface area (Å²) in [7, 11) is -2.98. The highest BCUT2D eigenvalue weighted by molar-refractivity contribution is 14.0. The molecule has 0 radical (unpaired) electrons. The molecule has 1 fully saturated rings. The standard InChI is InChI=1S/C17H26F2N4O2S.HI/c1-3-20-17(21-8-4-10-26(2,24)25)22-14-7-9-23(12-14)16-6-5-13(18)11-15(16)19;/h5-6,11,14H,3-4,7-10,12H2,1-2H3,(H2,20,21,22);1H. The van der Waals surface area contributed by atoms with E-state index >= 15 is 0 Å². The lowest BCUT2D eigenvalue weighted by Gasteiger charge is -2.21. The second-order valence-electron chi connectivity index (χ2n) is 6.42. The Morgan fingerprint density at radius 3 is 2.74 bits per heavy atom. The number of sulfone groups is 1. The minimum absolute atomic E-state index is 0. The first-order valence-electron chi connectivity index (χ1n) is 8.71. The monoisotopic (exact) mass is 516 g/mol. The van der Waals surface area contributed by atoms with Gasteiger partial charge < -0.3 is 15.5 Å². The molecular weight excluding hydrogens is 489 g/mol. The predicted octanol–water partition coefficient (Wildman–Crippen LogP) is 2.15. The van der Waals surface area contributed by atoms with Crippen LogP contribution in [-0.4, -0.2) is 58.6 Å². The summed E-state index contributed by atoms with van der Waals surface area (Å²) in [5.74, 6) is -0.424. The van der Waals surface area contributed by atoms with Crippen LogP contribution in [0.5, 0.6) is 0 Å². The van der Waals surface area contributed by atoms with Crippen molar-refractivity contribution in [2.45, 2.75) is 25.8 Å². The third-order valence-electron chi connectivity index (χ3n) is 4.07. The first-order valence-corrected chi connectivity index (χ1v) is 10.8. The molecule has 1 aliphatic rings. The number of guanidine groups is 1. The second kappa shape index (κ2) is 11.0. The van der Waals surface area contributed by atoms with Gasteiger partial charge in [-0.2, -0.15) is 0 Å². The zero-order chi connectivity index (χ0) is 19.2. The van der Waals surface area contributed by atoms with E-state index in [-0.39, 0.29) is 35.8 Å². The Labute approximate surface area is 176 Å². The fraction of sp³-hybridized carbons (Fsp3) is 0.588. The number of hydrogen-bond acceptors (Lipinski definition) is 4. The maximum atomic E-state index is 13.9. The van der Waals surface area contributed by atoms with Crippen LogP contribution in [-0.2, 0) is 9.84 Å². The van der Waals surface area contributed by atoms with Gasteiger partial charge in [0, 0.05) is 44.5 Å². The number of nitrogens with zero attached hydrogens (tertiary/aromatic N) is 2. The molecule has 6 nitrogen and oxygen atoms in total. The summed E-state index contributed by atoms with van der Waals surface area (Å²) in [6.45, 7) is 4.28. The Hall–Kier alpha value is -1.17. The van der Waals surface area contributed by atoms with Gasteiger partial charge in [0.2, 0.25) is 0 Å². The van der Waals surface area contributed by atoms with Crippen molar-refractivity contribution < 1.29 is 17.2 Å². The van der Waals surface area contributed by atoms with Crippen LogP contribution in [0.25, 0.3) is 0 Å². The average Bonchev–Trinajstić information content (AvgIpc) is 2.99. The van der Waals surface area contributed by atoms with Crippen molar-refractivity contribution in [3.05, 3.63) is 29.8 Å². The van der Waals surface area contributed by atoms with E-state index in [1.165, 1.54) is 18.4 Å². The van der Waals surface area contributed by atoms with E-state index in [1.807, 2.05) is 11.8 Å². The first-order chi connectivity index (χ1) is 12.3. The van der Waals surface area contributed by atoms with E-state index < -0.39 is 21.5 Å². The molecule has 2 rings (SSSR count). The summed E-state index contributed by atoms with van der Waals surface area (Å²) in [6, 6.07) is 3.68. The molecule has 1 aliphatic heterocycles. The summed E-state index contributed by atoms with van der Waals surface area (Å²) in [5.41, 5.74) is 0.394.